The first-order valence-electron chi connectivity index (χ1n) is 11.7. The van der Waals surface area contributed by atoms with E-state index in [1.165, 1.54) is 0 Å². The third kappa shape index (κ3) is 4.23. The molecule has 1 unspecified atom stereocenters. The summed E-state index contributed by atoms with van der Waals surface area (Å²) in [5.41, 5.74) is 0.621. The number of likely N-dealkylation sites (tertiary alicyclic amines) is 1. The second kappa shape index (κ2) is 8.87. The van der Waals surface area contributed by atoms with Gasteiger partial charge < -0.3 is 15.5 Å². The molecule has 0 bridgehead atoms. The number of urea groups is 1. The van der Waals surface area contributed by atoms with Crippen LogP contribution in [0.4, 0.5) is 10.5 Å². The first-order valence-corrected chi connectivity index (χ1v) is 11.7. The summed E-state index contributed by atoms with van der Waals surface area (Å²) in [6, 6.07) is 19.9. The Labute approximate surface area is 202 Å². The zero-order valence-corrected chi connectivity index (χ0v) is 19.3. The number of rotatable bonds is 4. The molecule has 0 aliphatic carbocycles. The van der Waals surface area contributed by atoms with E-state index in [-0.39, 0.29) is 17.7 Å². The molecule has 2 aliphatic rings. The molecule has 3 aromatic rings. The maximum atomic E-state index is 13.2. The van der Waals surface area contributed by atoms with Crippen molar-refractivity contribution in [2.45, 2.75) is 25.3 Å². The van der Waals surface area contributed by atoms with E-state index in [4.69, 9.17) is 0 Å². The summed E-state index contributed by atoms with van der Waals surface area (Å²) in [4.78, 5) is 51.8. The van der Waals surface area contributed by atoms with Gasteiger partial charge in [-0.2, -0.15) is 0 Å². The normalized spacial score (nSPS) is 20.4. The summed E-state index contributed by atoms with van der Waals surface area (Å²) < 4.78 is 0. The molecule has 3 N–H and O–H groups in total. The van der Waals surface area contributed by atoms with E-state index in [2.05, 4.69) is 16.0 Å². The third-order valence-corrected chi connectivity index (χ3v) is 6.93. The number of fused-ring (bicyclic) bond motifs is 1. The number of anilines is 1. The molecule has 0 radical (unpaired) electrons. The number of imide groups is 1. The van der Waals surface area contributed by atoms with Crippen molar-refractivity contribution in [1.29, 1.82) is 0 Å². The van der Waals surface area contributed by atoms with Crippen molar-refractivity contribution in [1.82, 2.24) is 15.5 Å². The van der Waals surface area contributed by atoms with Crippen molar-refractivity contribution in [3.63, 3.8) is 0 Å². The van der Waals surface area contributed by atoms with E-state index in [0.29, 0.717) is 42.7 Å². The highest BCUT2D eigenvalue weighted by Crippen LogP contribution is 2.28. The van der Waals surface area contributed by atoms with Gasteiger partial charge in [0.1, 0.15) is 5.54 Å². The zero-order chi connectivity index (χ0) is 24.6. The lowest BCUT2D eigenvalue weighted by atomic mass is 9.91. The smallest absolute Gasteiger partial charge is 0.322 e. The predicted octanol–water partition coefficient (Wildman–Crippen LogP) is 3.39. The van der Waals surface area contributed by atoms with Gasteiger partial charge in [0.05, 0.1) is 0 Å². The Kier molecular flexibility index (Phi) is 5.72. The summed E-state index contributed by atoms with van der Waals surface area (Å²) in [5.74, 6) is -0.794. The minimum atomic E-state index is -1.19. The number of hydrogen-bond donors (Lipinski definition) is 3. The molecule has 0 spiro atoms. The third-order valence-electron chi connectivity index (χ3n) is 6.93. The molecule has 5 rings (SSSR count). The van der Waals surface area contributed by atoms with Gasteiger partial charge in [-0.15, -0.1) is 0 Å². The molecule has 3 aromatic carbocycles. The van der Waals surface area contributed by atoms with Gasteiger partial charge in [-0.3, -0.25) is 19.7 Å². The SMILES string of the molecule is CC1(c2cccc(NC(=O)C3CCN(C(=O)c4cccc5ccccc45)CC3)c2)NC(=O)NC1=O. The number of hydrogen-bond acceptors (Lipinski definition) is 4. The lowest BCUT2D eigenvalue weighted by molar-refractivity contribution is -0.123. The number of nitrogens with zero attached hydrogens (tertiary/aromatic N) is 1. The van der Waals surface area contributed by atoms with Gasteiger partial charge in [0, 0.05) is 30.3 Å². The van der Waals surface area contributed by atoms with Crippen LogP contribution in [0.3, 0.4) is 0 Å². The first-order chi connectivity index (χ1) is 16.8. The number of benzene rings is 3. The molecular formula is C27H26N4O4. The van der Waals surface area contributed by atoms with E-state index < -0.39 is 17.5 Å². The molecular weight excluding hydrogens is 444 g/mol. The number of amides is 5. The molecule has 178 valence electrons. The van der Waals surface area contributed by atoms with Crippen LogP contribution in [0.5, 0.6) is 0 Å². The molecule has 2 fully saturated rings. The fourth-order valence-electron chi connectivity index (χ4n) is 4.83. The van der Waals surface area contributed by atoms with E-state index in [1.807, 2.05) is 47.4 Å². The van der Waals surface area contributed by atoms with Gasteiger partial charge in [-0.1, -0.05) is 48.5 Å². The van der Waals surface area contributed by atoms with E-state index >= 15 is 0 Å². The quantitative estimate of drug-likeness (QED) is 0.508. The Bertz CT molecular complexity index is 1340. The first kappa shape index (κ1) is 22.6. The molecule has 0 saturated carbocycles. The van der Waals surface area contributed by atoms with Gasteiger partial charge in [0.2, 0.25) is 5.91 Å². The number of piperidine rings is 1. The lowest BCUT2D eigenvalue weighted by Crippen LogP contribution is -2.41. The Morgan fingerprint density at radius 3 is 2.43 bits per heavy atom. The van der Waals surface area contributed by atoms with Crippen LogP contribution in [0.1, 0.15) is 35.7 Å². The fraction of sp³-hybridized carbons (Fsp3) is 0.259. The maximum Gasteiger partial charge on any atom is 0.322 e. The minimum absolute atomic E-state index is 0.0153. The zero-order valence-electron chi connectivity index (χ0n) is 19.3. The van der Waals surface area contributed by atoms with Crippen molar-refractivity contribution in [2.24, 2.45) is 5.92 Å². The van der Waals surface area contributed by atoms with Gasteiger partial charge >= 0.3 is 6.03 Å². The second-order valence-corrected chi connectivity index (χ2v) is 9.20. The molecule has 35 heavy (non-hydrogen) atoms. The number of carbonyl (C=O) groups excluding carboxylic acids is 4. The Morgan fingerprint density at radius 1 is 0.971 bits per heavy atom. The minimum Gasteiger partial charge on any atom is -0.339 e. The summed E-state index contributed by atoms with van der Waals surface area (Å²) in [6.07, 6.45) is 1.14. The van der Waals surface area contributed by atoms with Gasteiger partial charge in [-0.25, -0.2) is 4.79 Å². The molecule has 8 heteroatoms. The topological polar surface area (TPSA) is 108 Å². The van der Waals surface area contributed by atoms with Crippen molar-refractivity contribution in [3.05, 3.63) is 77.9 Å². The maximum absolute atomic E-state index is 13.2. The highest BCUT2D eigenvalue weighted by Gasteiger charge is 2.43. The standard InChI is InChI=1S/C27H26N4O4/c1-27(25(34)29-26(35)30-27)19-8-5-9-20(16-19)28-23(32)18-12-14-31(15-13-18)24(33)22-11-4-7-17-6-2-3-10-21(17)22/h2-11,16,18H,12-15H2,1H3,(H,28,32)(H2,29,30,34,35). The van der Waals surface area contributed by atoms with Crippen LogP contribution in [0.15, 0.2) is 66.7 Å². The second-order valence-electron chi connectivity index (χ2n) is 9.20. The summed E-state index contributed by atoms with van der Waals surface area (Å²) in [5, 5.41) is 9.76. The predicted molar refractivity (Wildman–Crippen MR) is 132 cm³/mol. The average molecular weight is 471 g/mol. The molecule has 2 aliphatic heterocycles. The van der Waals surface area contributed by atoms with E-state index in [0.717, 1.165) is 10.8 Å². The Hall–Kier alpha value is -4.20. The van der Waals surface area contributed by atoms with Gasteiger partial charge in [0.25, 0.3) is 11.8 Å². The Balaban J connectivity index is 1.23. The highest BCUT2D eigenvalue weighted by atomic mass is 16.2. The number of nitrogens with one attached hydrogen (secondary N) is 3. The van der Waals surface area contributed by atoms with Crippen LogP contribution in [-0.2, 0) is 15.1 Å². The van der Waals surface area contributed by atoms with E-state index in [1.54, 1.807) is 31.2 Å². The summed E-state index contributed by atoms with van der Waals surface area (Å²) in [7, 11) is 0. The Morgan fingerprint density at radius 2 is 1.69 bits per heavy atom. The fourth-order valence-corrected chi connectivity index (χ4v) is 4.83. The van der Waals surface area contributed by atoms with Crippen molar-refractivity contribution in [3.8, 4) is 0 Å². The molecule has 2 saturated heterocycles. The van der Waals surface area contributed by atoms with Gasteiger partial charge in [0.15, 0.2) is 0 Å². The lowest BCUT2D eigenvalue weighted by Gasteiger charge is -2.31. The summed E-state index contributed by atoms with van der Waals surface area (Å²) >= 11 is 0. The van der Waals surface area contributed by atoms with Crippen molar-refractivity contribution < 1.29 is 19.2 Å². The highest BCUT2D eigenvalue weighted by molar-refractivity contribution is 6.08. The van der Waals surface area contributed by atoms with Crippen molar-refractivity contribution in [2.75, 3.05) is 18.4 Å². The van der Waals surface area contributed by atoms with Crippen LogP contribution in [0, 0.1) is 5.92 Å². The van der Waals surface area contributed by atoms with Crippen LogP contribution >= 0.6 is 0 Å². The molecule has 8 nitrogen and oxygen atoms in total. The largest absolute Gasteiger partial charge is 0.339 e. The van der Waals surface area contributed by atoms with E-state index in [9.17, 15) is 19.2 Å². The summed E-state index contributed by atoms with van der Waals surface area (Å²) in [6.45, 7) is 2.63. The molecule has 1 atom stereocenters. The number of carbonyl (C=O) groups is 4. The van der Waals surface area contributed by atoms with Crippen LogP contribution in [0.25, 0.3) is 10.8 Å². The van der Waals surface area contributed by atoms with Crippen LogP contribution in [0.2, 0.25) is 0 Å². The van der Waals surface area contributed by atoms with Gasteiger partial charge in [-0.05, 0) is 54.3 Å². The van der Waals surface area contributed by atoms with Crippen LogP contribution < -0.4 is 16.0 Å². The van der Waals surface area contributed by atoms with Crippen LogP contribution in [-0.4, -0.2) is 41.7 Å². The van der Waals surface area contributed by atoms with Crippen molar-refractivity contribution >= 4 is 40.2 Å². The molecule has 2 heterocycles. The molecule has 0 aromatic heterocycles. The monoisotopic (exact) mass is 470 g/mol. The average Bonchev–Trinajstić information content (AvgIpc) is 3.15. The molecule has 5 amide bonds.